The fourth-order valence-electron chi connectivity index (χ4n) is 3.20. The van der Waals surface area contributed by atoms with Crippen LogP contribution < -0.4 is 27.0 Å². The minimum absolute atomic E-state index is 0.0784. The van der Waals surface area contributed by atoms with E-state index in [1.54, 1.807) is 0 Å². The summed E-state index contributed by atoms with van der Waals surface area (Å²) in [6.07, 6.45) is 9.17. The molecular weight excluding hydrogens is 522 g/mol. The van der Waals surface area contributed by atoms with Gasteiger partial charge in [0.05, 0.1) is 6.04 Å². The predicted octanol–water partition coefficient (Wildman–Crippen LogP) is 4.98. The first-order valence-corrected chi connectivity index (χ1v) is 15.7. The van der Waals surface area contributed by atoms with Crippen LogP contribution in [0.25, 0.3) is 0 Å². The average molecular weight is 586 g/mol. The Kier molecular flexibility index (Phi) is 27.4. The number of nitrogens with one attached hydrogen (secondary N) is 4. The smallest absolute Gasteiger partial charge is 0.312 e. The second kappa shape index (κ2) is 26.3. The van der Waals surface area contributed by atoms with Gasteiger partial charge in [-0.3, -0.25) is 19.2 Å². The molecule has 6 N–H and O–H groups in total. The summed E-state index contributed by atoms with van der Waals surface area (Å²) in [5.41, 5.74) is 5.02. The molecule has 5 amide bonds. The number of ketones is 1. The first-order valence-electron chi connectivity index (χ1n) is 15.7. The maximum absolute atomic E-state index is 12.4. The molecule has 0 saturated heterocycles. The number of Topliss-reactive ketones (excluding diaryl/α,β-unsaturated/α-hetero) is 1. The van der Waals surface area contributed by atoms with E-state index in [2.05, 4.69) is 35.1 Å². The monoisotopic (exact) mass is 585 g/mol. The molecule has 10 heteroatoms. The maximum Gasteiger partial charge on any atom is 0.312 e. The van der Waals surface area contributed by atoms with Crippen molar-refractivity contribution in [2.75, 3.05) is 6.54 Å². The highest BCUT2D eigenvalue weighted by atomic mass is 16.2. The number of hydrogen-bond acceptors (Lipinski definition) is 5. The third-order valence-corrected chi connectivity index (χ3v) is 6.30. The lowest BCUT2D eigenvalue weighted by Crippen LogP contribution is -2.49. The van der Waals surface area contributed by atoms with Crippen LogP contribution in [-0.2, 0) is 19.2 Å². The second-order valence-corrected chi connectivity index (χ2v) is 11.1. The number of primary amides is 1. The molecule has 0 bridgehead atoms. The van der Waals surface area contributed by atoms with Crippen molar-refractivity contribution in [3.05, 3.63) is 0 Å². The van der Waals surface area contributed by atoms with Crippen molar-refractivity contribution < 1.29 is 24.0 Å². The summed E-state index contributed by atoms with van der Waals surface area (Å²) in [6.45, 7) is 20.9. The van der Waals surface area contributed by atoms with E-state index in [1.807, 2.05) is 55.4 Å². The van der Waals surface area contributed by atoms with Crippen LogP contribution in [0.3, 0.4) is 0 Å². The van der Waals surface area contributed by atoms with Crippen LogP contribution in [0.1, 0.15) is 133 Å². The van der Waals surface area contributed by atoms with E-state index in [4.69, 9.17) is 5.73 Å². The molecule has 0 aromatic carbocycles. The number of nitrogens with two attached hydrogens (primary N) is 1. The Labute approximate surface area is 250 Å². The molecular formula is C31H63N5O5. The van der Waals surface area contributed by atoms with Gasteiger partial charge in [0.2, 0.25) is 18.1 Å². The minimum Gasteiger partial charge on any atom is -0.359 e. The van der Waals surface area contributed by atoms with Gasteiger partial charge in [-0.1, -0.05) is 88.0 Å². The highest BCUT2D eigenvalue weighted by Gasteiger charge is 2.34. The quantitative estimate of drug-likeness (QED) is 0.117. The lowest BCUT2D eigenvalue weighted by atomic mass is 9.80. The van der Waals surface area contributed by atoms with Crippen molar-refractivity contribution in [1.82, 2.24) is 21.3 Å². The third kappa shape index (κ3) is 24.8. The van der Waals surface area contributed by atoms with Crippen LogP contribution in [-0.4, -0.2) is 54.7 Å². The number of unbranched alkanes of at least 4 members (excludes halogenated alkanes) is 1. The molecule has 10 nitrogen and oxygen atoms in total. The predicted molar refractivity (Wildman–Crippen MR) is 168 cm³/mol. The Balaban J connectivity index is -0.000000709. The number of rotatable bonds is 13. The number of hydrogen-bond donors (Lipinski definition) is 5. The van der Waals surface area contributed by atoms with Gasteiger partial charge in [0.15, 0.2) is 0 Å². The van der Waals surface area contributed by atoms with E-state index in [-0.39, 0.29) is 23.4 Å². The Bertz CT molecular complexity index is 716. The molecule has 2 saturated carbocycles. The molecule has 41 heavy (non-hydrogen) atoms. The van der Waals surface area contributed by atoms with E-state index < -0.39 is 23.8 Å². The zero-order valence-electron chi connectivity index (χ0n) is 27.8. The number of carbonyl (C=O) groups excluding carboxylic acids is 5. The lowest BCUT2D eigenvalue weighted by Gasteiger charge is -2.29. The first-order chi connectivity index (χ1) is 19.3. The number of carbonyl (C=O) groups is 5. The van der Waals surface area contributed by atoms with Crippen molar-refractivity contribution >= 4 is 30.0 Å². The molecule has 242 valence electrons. The molecule has 0 aromatic rings. The summed E-state index contributed by atoms with van der Waals surface area (Å²) in [7, 11) is 0. The summed E-state index contributed by atoms with van der Waals surface area (Å²) in [5, 5.41) is 10.6. The van der Waals surface area contributed by atoms with Crippen LogP contribution in [0.15, 0.2) is 0 Å². The average Bonchev–Trinajstić information content (AvgIpc) is 3.71. The standard InChI is InChI=1S/C17H27N3O4.C7H16N2O.C3H8.2C2H6/c21-11-18-9-2-1-6-15(22)20-14(10-12-4-3-5-12)16(23)17(24)19-13-7-8-13;1-5(7(2,3)4)9-6(8)10;1-3-2;2*1-2/h11-14H,1-10H2,(H,18,21)(H,19,24)(H,20,22);5H,1-4H3,(H3,8,9,10);3H2,1-2H3;2*1-2H3. The topological polar surface area (TPSA) is 159 Å². The third-order valence-electron chi connectivity index (χ3n) is 6.30. The zero-order chi connectivity index (χ0) is 32.4. The van der Waals surface area contributed by atoms with Gasteiger partial charge in [0.1, 0.15) is 0 Å². The van der Waals surface area contributed by atoms with Crippen LogP contribution in [0, 0.1) is 11.3 Å². The van der Waals surface area contributed by atoms with Crippen LogP contribution >= 0.6 is 0 Å². The highest BCUT2D eigenvalue weighted by Crippen LogP contribution is 2.30. The molecule has 2 fully saturated rings. The molecule has 2 unspecified atom stereocenters. The molecule has 0 aromatic heterocycles. The van der Waals surface area contributed by atoms with Gasteiger partial charge in [0.25, 0.3) is 5.91 Å². The first kappa shape index (κ1) is 42.8. The van der Waals surface area contributed by atoms with Gasteiger partial charge < -0.3 is 27.0 Å². The lowest BCUT2D eigenvalue weighted by molar-refractivity contribution is -0.140. The molecule has 0 radical (unpaired) electrons. The maximum atomic E-state index is 12.4. The van der Waals surface area contributed by atoms with Gasteiger partial charge in [0, 0.05) is 25.0 Å². The molecule has 2 atom stereocenters. The number of amides is 5. The Morgan fingerprint density at radius 3 is 1.83 bits per heavy atom. The summed E-state index contributed by atoms with van der Waals surface area (Å²) < 4.78 is 0. The highest BCUT2D eigenvalue weighted by molar-refractivity contribution is 6.38. The van der Waals surface area contributed by atoms with Gasteiger partial charge in [-0.05, 0) is 50.4 Å². The zero-order valence-corrected chi connectivity index (χ0v) is 27.8. The Morgan fingerprint density at radius 1 is 0.927 bits per heavy atom. The van der Waals surface area contributed by atoms with E-state index in [9.17, 15) is 24.0 Å². The molecule has 0 heterocycles. The van der Waals surface area contributed by atoms with Crippen LogP contribution in [0.4, 0.5) is 4.79 Å². The normalized spacial score (nSPS) is 14.9. The Morgan fingerprint density at radius 2 is 1.46 bits per heavy atom. The van der Waals surface area contributed by atoms with E-state index in [0.717, 1.165) is 32.1 Å². The summed E-state index contributed by atoms with van der Waals surface area (Å²) in [4.78, 5) is 56.9. The van der Waals surface area contributed by atoms with Crippen molar-refractivity contribution in [2.45, 2.75) is 152 Å². The van der Waals surface area contributed by atoms with Gasteiger partial charge >= 0.3 is 6.03 Å². The second-order valence-electron chi connectivity index (χ2n) is 11.1. The molecule has 2 aliphatic rings. The molecule has 2 aliphatic carbocycles. The SMILES string of the molecule is CC.CC.CC(NC(N)=O)C(C)(C)C.CCC.O=CNCCCCC(=O)NC(CC1CCC1)C(=O)C(=O)NC1CC1. The van der Waals surface area contributed by atoms with Gasteiger partial charge in [-0.15, -0.1) is 0 Å². The fraction of sp³-hybridized carbons (Fsp3) is 0.839. The van der Waals surface area contributed by atoms with Crippen LogP contribution in [0.2, 0.25) is 0 Å². The summed E-state index contributed by atoms with van der Waals surface area (Å²) >= 11 is 0. The van der Waals surface area contributed by atoms with Crippen molar-refractivity contribution in [1.29, 1.82) is 0 Å². The molecule has 2 rings (SSSR count). The molecule has 0 aliphatic heterocycles. The van der Waals surface area contributed by atoms with E-state index >= 15 is 0 Å². The van der Waals surface area contributed by atoms with E-state index in [1.165, 1.54) is 6.42 Å². The van der Waals surface area contributed by atoms with Crippen molar-refractivity contribution in [2.24, 2.45) is 17.1 Å². The summed E-state index contributed by atoms with van der Waals surface area (Å²) in [6, 6.07) is -0.922. The summed E-state index contributed by atoms with van der Waals surface area (Å²) in [5.74, 6) is -0.884. The van der Waals surface area contributed by atoms with Crippen LogP contribution in [0.5, 0.6) is 0 Å². The minimum atomic E-state index is -0.713. The fourth-order valence-corrected chi connectivity index (χ4v) is 3.20. The van der Waals surface area contributed by atoms with E-state index in [0.29, 0.717) is 44.6 Å². The van der Waals surface area contributed by atoms with Crippen molar-refractivity contribution in [3.63, 3.8) is 0 Å². The molecule has 0 spiro atoms. The number of urea groups is 1. The van der Waals surface area contributed by atoms with Crippen molar-refractivity contribution in [3.8, 4) is 0 Å². The Hall–Kier alpha value is -2.65. The van der Waals surface area contributed by atoms with Gasteiger partial charge in [-0.25, -0.2) is 4.79 Å². The largest absolute Gasteiger partial charge is 0.359 e. The van der Waals surface area contributed by atoms with Gasteiger partial charge in [-0.2, -0.15) is 0 Å².